The Morgan fingerprint density at radius 3 is 1.64 bits per heavy atom. The minimum absolute atomic E-state index is 0.00965. The molecule has 0 radical (unpaired) electrons. The molecule has 0 aliphatic carbocycles. The molecule has 3 aromatic carbocycles. The van der Waals surface area contributed by atoms with Crippen LogP contribution in [0.25, 0.3) is 0 Å². The van der Waals surface area contributed by atoms with Gasteiger partial charge in [-0.3, -0.25) is 4.79 Å². The summed E-state index contributed by atoms with van der Waals surface area (Å²) in [5, 5.41) is 0.0568. The Morgan fingerprint density at radius 2 is 1.02 bits per heavy atom. The van der Waals surface area contributed by atoms with Gasteiger partial charge in [-0.05, 0) is 103 Å². The van der Waals surface area contributed by atoms with E-state index in [0.29, 0.717) is 88.0 Å². The van der Waals surface area contributed by atoms with Crippen LogP contribution in [0.2, 0.25) is 34.8 Å². The number of ketones is 1. The molecule has 18 nitrogen and oxygen atoms in total. The summed E-state index contributed by atoms with van der Waals surface area (Å²) in [6, 6.07) is 30.6. The second-order valence-electron chi connectivity index (χ2n) is 38.0. The van der Waals surface area contributed by atoms with Gasteiger partial charge in [-0.15, -0.1) is 0 Å². The average molecular weight is 1570 g/mol. The number of hydrogen-bond donors (Lipinski definition) is 0. The first-order valence-corrected chi connectivity index (χ1v) is 47.8. The van der Waals surface area contributed by atoms with Crippen LogP contribution in [0.3, 0.4) is 0 Å². The van der Waals surface area contributed by atoms with Crippen molar-refractivity contribution < 1.29 is 84.7 Å². The van der Waals surface area contributed by atoms with E-state index in [-0.39, 0.29) is 108 Å². The first kappa shape index (κ1) is 82.4. The molecule has 0 saturated carbocycles. The minimum Gasteiger partial charge on any atom is -0.411 e. The zero-order valence-corrected chi connectivity index (χ0v) is 71.3. The summed E-state index contributed by atoms with van der Waals surface area (Å²) in [5.41, 5.74) is 3.31. The summed E-state index contributed by atoms with van der Waals surface area (Å²) in [6.07, 6.45) is 9.40. The summed E-state index contributed by atoms with van der Waals surface area (Å²) in [7, 11) is -4.65. The van der Waals surface area contributed by atoms with Gasteiger partial charge in [-0.25, -0.2) is 0 Å². The highest BCUT2D eigenvalue weighted by Gasteiger charge is 2.66. The molecule has 3 aromatic rings. The number of ether oxygens (including phenoxy) is 15. The zero-order chi connectivity index (χ0) is 78.1. The third-order valence-electron chi connectivity index (χ3n) is 28.4. The highest BCUT2D eigenvalue weighted by molar-refractivity contribution is 6.77. The average Bonchev–Trinajstić information content (AvgIpc) is 1.62. The lowest BCUT2D eigenvalue weighted by molar-refractivity contribution is -0.338. The van der Waals surface area contributed by atoms with Gasteiger partial charge in [-0.1, -0.05) is 217 Å². The summed E-state index contributed by atoms with van der Waals surface area (Å²) < 4.78 is 126. The van der Waals surface area contributed by atoms with Gasteiger partial charge in [0, 0.05) is 50.4 Å². The molecule has 9 saturated heterocycles. The van der Waals surface area contributed by atoms with Crippen molar-refractivity contribution in [2.24, 2.45) is 23.7 Å². The monoisotopic (exact) mass is 1570 g/mol. The number of rotatable bonds is 18. The second kappa shape index (κ2) is 34.0. The van der Waals surface area contributed by atoms with Gasteiger partial charge in [0.1, 0.15) is 60.2 Å². The number of benzene rings is 3. The molecule has 12 aliphatic rings. The summed E-state index contributed by atoms with van der Waals surface area (Å²) in [6.45, 7) is 40.7. The predicted octanol–water partition coefficient (Wildman–Crippen LogP) is 16.6. The number of hydrogen-bond acceptors (Lipinski definition) is 18. The molecule has 12 heterocycles. The third kappa shape index (κ3) is 17.1. The highest BCUT2D eigenvalue weighted by atomic mass is 28.4. The molecule has 0 aromatic heterocycles. The van der Waals surface area contributed by atoms with E-state index < -0.39 is 113 Å². The SMILES string of the molecule is CC(=O)C[C@@H]1O[C@@H]2C[C@@H]3O[C@@H]4C=C[C@@H]5O[C@@H]6C[C@@H](OCc7ccccc7)[C@]7(C)O[C@@H]8C[C@H](C)C[C@@H]9O[C@@H]%10[C@@H](C)[C@H](O[Si](C(C)C)(C(C)C)C(C)C)[C@@H]%11O[C@]%12(C[C@H](O[Si](C)(C)C(C)(C)C)CO%12)[C@@H](C)[C@H](C)[C@H]%11O[C@H]%10C[C@H]9O[C@H]8C[C@H]7O[C@H]6C/C=C\C[C@H]5O[C@H]4C=C[C@H]3O[C@H]2[C@H](OCc2ccccc2)[C@H]1OCc1ccccc1. The Bertz CT molecular complexity index is 3630. The van der Waals surface area contributed by atoms with E-state index >= 15 is 0 Å². The van der Waals surface area contributed by atoms with Gasteiger partial charge in [0.15, 0.2) is 14.1 Å². The Hall–Kier alpha value is -3.70. The fraction of sp³-hybridized carbons (Fsp3) is 0.725. The van der Waals surface area contributed by atoms with E-state index in [1.165, 1.54) is 0 Å². The molecular formula is C91H132O18Si2. The van der Waals surface area contributed by atoms with E-state index in [0.717, 1.165) is 29.5 Å². The molecule has 612 valence electrons. The number of carbonyl (C=O) groups is 1. The van der Waals surface area contributed by atoms with Gasteiger partial charge >= 0.3 is 0 Å². The predicted molar refractivity (Wildman–Crippen MR) is 429 cm³/mol. The minimum atomic E-state index is -2.53. The number of Topliss-reactive ketones (excluding diaryl/α,β-unsaturated/α-hetero) is 1. The molecule has 0 amide bonds. The van der Waals surface area contributed by atoms with Crippen molar-refractivity contribution in [2.45, 2.75) is 387 Å². The first-order valence-electron chi connectivity index (χ1n) is 42.8. The smallest absolute Gasteiger partial charge is 0.200 e. The molecule has 0 unspecified atom stereocenters. The molecular weight excluding hydrogens is 1440 g/mol. The van der Waals surface area contributed by atoms with Crippen LogP contribution in [0, 0.1) is 23.7 Å². The molecule has 15 rings (SSSR count). The zero-order valence-electron chi connectivity index (χ0n) is 69.3. The standard InChI is InChI=1S/C91H132O18Si2/c1-53(2)111(54(3)4,55(5)6)109-84-59(10)82-78(105-83-58(9)60(11)91(107-88(83)84)48-64(52-96-91)108-110(16,17)89(12,13)14)45-73-71(104-82)41-56(7)42-76-75(100-73)47-81-90(15,106-76)80(93-49-61-29-21-18-22-30-61)46-74-66(102-81)36-28-27-35-65-67(99-74)37-38-69-68(97-65)39-40-70-72(98-69)44-79-86(103-70)87(95-51-63-33-25-20-26-34-63)85(77(101-79)43-57(8)92)94-50-62-31-23-19-24-32-62/h18-34,37-40,53-56,58-60,64-88H,35-36,41-52H2,1-17H3/b28-27-/t56-,58+,59-,60+,64+,65-,66+,67+,68+,69-,70-,71+,72+,73-,74-,75+,76-,77+,78+,79-,80-,81-,82-,83-,84+,85+,86-,87-,88-,90+,91-/m1/s1. The van der Waals surface area contributed by atoms with Crippen molar-refractivity contribution in [1.82, 2.24) is 0 Å². The summed E-state index contributed by atoms with van der Waals surface area (Å²) in [4.78, 5) is 13.1. The van der Waals surface area contributed by atoms with Crippen LogP contribution < -0.4 is 0 Å². The van der Waals surface area contributed by atoms with E-state index in [4.69, 9.17) is 79.9 Å². The fourth-order valence-electron chi connectivity index (χ4n) is 21.3. The van der Waals surface area contributed by atoms with Crippen LogP contribution in [-0.2, 0) is 105 Å². The Morgan fingerprint density at radius 1 is 0.495 bits per heavy atom. The van der Waals surface area contributed by atoms with E-state index in [1.54, 1.807) is 6.92 Å². The third-order valence-corrected chi connectivity index (χ3v) is 39.1. The van der Waals surface area contributed by atoms with E-state index in [1.807, 2.05) is 54.6 Å². The molecule has 1 spiro atoms. The number of fused-ring (bicyclic) bond motifs is 10. The van der Waals surface area contributed by atoms with Gasteiger partial charge in [0.25, 0.3) is 0 Å². The van der Waals surface area contributed by atoms with Crippen LogP contribution in [0.15, 0.2) is 127 Å². The Kier molecular flexibility index (Phi) is 25.2. The molecule has 31 atom stereocenters. The Labute approximate surface area is 664 Å². The highest BCUT2D eigenvalue weighted by Crippen LogP contribution is 2.56. The van der Waals surface area contributed by atoms with Crippen molar-refractivity contribution in [3.63, 3.8) is 0 Å². The molecule has 12 aliphatic heterocycles. The molecule has 9 fully saturated rings. The fourth-order valence-corrected chi connectivity index (χ4v) is 28.3. The Balaban J connectivity index is 0.674. The van der Waals surface area contributed by atoms with Crippen LogP contribution in [0.1, 0.15) is 185 Å². The maximum atomic E-state index is 13.1. The largest absolute Gasteiger partial charge is 0.411 e. The molecule has 111 heavy (non-hydrogen) atoms. The van der Waals surface area contributed by atoms with Crippen molar-refractivity contribution >= 4 is 22.4 Å². The van der Waals surface area contributed by atoms with Crippen molar-refractivity contribution in [3.8, 4) is 0 Å². The van der Waals surface area contributed by atoms with Gasteiger partial charge in [0.05, 0.1) is 130 Å². The van der Waals surface area contributed by atoms with Crippen LogP contribution in [0.5, 0.6) is 0 Å². The van der Waals surface area contributed by atoms with Gasteiger partial charge < -0.3 is 79.9 Å². The first-order chi connectivity index (χ1) is 53.1. The lowest BCUT2D eigenvalue weighted by Crippen LogP contribution is -2.64. The van der Waals surface area contributed by atoms with Gasteiger partial charge in [0.2, 0.25) is 8.32 Å². The maximum Gasteiger partial charge on any atom is 0.200 e. The van der Waals surface area contributed by atoms with Crippen LogP contribution in [0.4, 0.5) is 0 Å². The van der Waals surface area contributed by atoms with Crippen molar-refractivity contribution in [1.29, 1.82) is 0 Å². The topological polar surface area (TPSA) is 174 Å². The van der Waals surface area contributed by atoms with Crippen molar-refractivity contribution in [2.75, 3.05) is 6.61 Å². The summed E-state index contributed by atoms with van der Waals surface area (Å²) in [5.74, 6) is -0.615. The lowest BCUT2D eigenvalue weighted by atomic mass is 9.75. The van der Waals surface area contributed by atoms with Crippen molar-refractivity contribution in [3.05, 3.63) is 144 Å². The molecule has 0 N–H and O–H groups in total. The maximum absolute atomic E-state index is 13.1. The van der Waals surface area contributed by atoms with Crippen LogP contribution >= 0.6 is 0 Å². The van der Waals surface area contributed by atoms with E-state index in [9.17, 15) is 4.79 Å². The normalized spacial score (nSPS) is 42.8. The number of carbonyl (C=O) groups excluding carboxylic acids is 1. The van der Waals surface area contributed by atoms with Crippen LogP contribution in [-0.4, -0.2) is 193 Å². The lowest BCUT2D eigenvalue weighted by Gasteiger charge is -2.54. The molecule has 0 bridgehead atoms. The summed E-state index contributed by atoms with van der Waals surface area (Å²) >= 11 is 0. The quantitative estimate of drug-likeness (QED) is 0.0868. The van der Waals surface area contributed by atoms with Gasteiger partial charge in [-0.2, -0.15) is 0 Å². The second-order valence-corrected chi connectivity index (χ2v) is 48.1. The molecule has 20 heteroatoms. The van der Waals surface area contributed by atoms with E-state index in [2.05, 4.69) is 183 Å².